The van der Waals surface area contributed by atoms with Crippen LogP contribution in [0.3, 0.4) is 0 Å². The fraction of sp³-hybridized carbons (Fsp3) is 0.636. The SMILES string of the molecule is CN1CCN(C)C(CNc2cc(N)ncn2)C1. The van der Waals surface area contributed by atoms with Crippen LogP contribution in [0.25, 0.3) is 0 Å². The van der Waals surface area contributed by atoms with Crippen LogP contribution in [-0.2, 0) is 0 Å². The number of aromatic nitrogens is 2. The third-order valence-electron chi connectivity index (χ3n) is 3.19. The van der Waals surface area contributed by atoms with E-state index in [9.17, 15) is 0 Å². The molecule has 3 N–H and O–H groups in total. The molecule has 6 heteroatoms. The summed E-state index contributed by atoms with van der Waals surface area (Å²) in [6.45, 7) is 4.18. The normalized spacial score (nSPS) is 22.6. The summed E-state index contributed by atoms with van der Waals surface area (Å²) >= 11 is 0. The number of nitrogens with one attached hydrogen (secondary N) is 1. The van der Waals surface area contributed by atoms with Gasteiger partial charge in [-0.25, -0.2) is 9.97 Å². The van der Waals surface area contributed by atoms with Crippen LogP contribution < -0.4 is 11.1 Å². The number of piperazine rings is 1. The van der Waals surface area contributed by atoms with Crippen molar-refractivity contribution in [2.24, 2.45) is 0 Å². The Labute approximate surface area is 102 Å². The Morgan fingerprint density at radius 1 is 1.41 bits per heavy atom. The fourth-order valence-electron chi connectivity index (χ4n) is 2.01. The monoisotopic (exact) mass is 236 g/mol. The van der Waals surface area contributed by atoms with Gasteiger partial charge in [0.2, 0.25) is 0 Å². The van der Waals surface area contributed by atoms with E-state index in [0.717, 1.165) is 32.0 Å². The number of nitrogen functional groups attached to an aromatic ring is 1. The number of anilines is 2. The number of nitrogens with zero attached hydrogens (tertiary/aromatic N) is 4. The summed E-state index contributed by atoms with van der Waals surface area (Å²) in [5.74, 6) is 1.29. The summed E-state index contributed by atoms with van der Waals surface area (Å²) in [6, 6.07) is 2.26. The van der Waals surface area contributed by atoms with E-state index in [0.29, 0.717) is 11.9 Å². The Balaban J connectivity index is 1.88. The van der Waals surface area contributed by atoms with Crippen molar-refractivity contribution in [2.45, 2.75) is 6.04 Å². The summed E-state index contributed by atoms with van der Waals surface area (Å²) in [6.07, 6.45) is 1.48. The van der Waals surface area contributed by atoms with Gasteiger partial charge in [-0.3, -0.25) is 4.90 Å². The van der Waals surface area contributed by atoms with Gasteiger partial charge in [0.25, 0.3) is 0 Å². The summed E-state index contributed by atoms with van der Waals surface area (Å²) < 4.78 is 0. The second-order valence-corrected chi connectivity index (χ2v) is 4.61. The number of rotatable bonds is 3. The molecule has 1 fully saturated rings. The zero-order chi connectivity index (χ0) is 12.3. The quantitative estimate of drug-likeness (QED) is 0.752. The summed E-state index contributed by atoms with van der Waals surface area (Å²) in [4.78, 5) is 12.7. The molecule has 0 saturated carbocycles. The van der Waals surface area contributed by atoms with Crippen LogP contribution in [0.1, 0.15) is 0 Å². The van der Waals surface area contributed by atoms with Gasteiger partial charge in [-0.1, -0.05) is 0 Å². The first kappa shape index (κ1) is 12.1. The molecular formula is C11H20N6. The summed E-state index contributed by atoms with van der Waals surface area (Å²) in [5.41, 5.74) is 5.61. The number of nitrogens with two attached hydrogens (primary N) is 1. The van der Waals surface area contributed by atoms with Crippen molar-refractivity contribution in [3.05, 3.63) is 12.4 Å². The lowest BCUT2D eigenvalue weighted by molar-refractivity contribution is 0.122. The molecule has 1 saturated heterocycles. The predicted octanol–water partition coefficient (Wildman–Crippen LogP) is -0.283. The lowest BCUT2D eigenvalue weighted by Gasteiger charge is -2.37. The smallest absolute Gasteiger partial charge is 0.131 e. The predicted molar refractivity (Wildman–Crippen MR) is 68.8 cm³/mol. The summed E-state index contributed by atoms with van der Waals surface area (Å²) in [7, 11) is 4.32. The highest BCUT2D eigenvalue weighted by molar-refractivity contribution is 5.43. The van der Waals surface area contributed by atoms with Gasteiger partial charge in [0, 0.05) is 38.3 Å². The van der Waals surface area contributed by atoms with E-state index < -0.39 is 0 Å². The lowest BCUT2D eigenvalue weighted by Crippen LogP contribution is -2.52. The van der Waals surface area contributed by atoms with Crippen molar-refractivity contribution in [1.29, 1.82) is 0 Å². The standard InChI is InChI=1S/C11H20N6/c1-16-3-4-17(2)9(7-16)6-13-11-5-10(12)14-8-15-11/h5,8-9H,3-4,6-7H2,1-2H3,(H3,12,13,14,15). The average molecular weight is 236 g/mol. The van der Waals surface area contributed by atoms with E-state index in [1.807, 2.05) is 0 Å². The van der Waals surface area contributed by atoms with Gasteiger partial charge in [-0.05, 0) is 14.1 Å². The maximum atomic E-state index is 5.61. The molecule has 1 atom stereocenters. The fourth-order valence-corrected chi connectivity index (χ4v) is 2.01. The third kappa shape index (κ3) is 3.28. The van der Waals surface area contributed by atoms with Crippen molar-refractivity contribution in [3.63, 3.8) is 0 Å². The highest BCUT2D eigenvalue weighted by atomic mass is 15.3. The van der Waals surface area contributed by atoms with Gasteiger partial charge < -0.3 is 16.0 Å². The van der Waals surface area contributed by atoms with Crippen molar-refractivity contribution in [1.82, 2.24) is 19.8 Å². The summed E-state index contributed by atoms with van der Waals surface area (Å²) in [5, 5.41) is 3.31. The molecule has 0 amide bonds. The van der Waals surface area contributed by atoms with Gasteiger partial charge in [0.1, 0.15) is 18.0 Å². The van der Waals surface area contributed by atoms with Crippen LogP contribution in [0, 0.1) is 0 Å². The van der Waals surface area contributed by atoms with Crippen LogP contribution in [0.4, 0.5) is 11.6 Å². The first-order chi connectivity index (χ1) is 8.15. The van der Waals surface area contributed by atoms with Crippen molar-refractivity contribution >= 4 is 11.6 Å². The average Bonchev–Trinajstić information content (AvgIpc) is 2.30. The van der Waals surface area contributed by atoms with E-state index >= 15 is 0 Å². The zero-order valence-corrected chi connectivity index (χ0v) is 10.4. The van der Waals surface area contributed by atoms with Crippen molar-refractivity contribution < 1.29 is 0 Å². The first-order valence-corrected chi connectivity index (χ1v) is 5.85. The van der Waals surface area contributed by atoms with Gasteiger partial charge in [0.05, 0.1) is 0 Å². The molecular weight excluding hydrogens is 216 g/mol. The molecule has 94 valence electrons. The largest absolute Gasteiger partial charge is 0.384 e. The van der Waals surface area contributed by atoms with Gasteiger partial charge >= 0.3 is 0 Å². The van der Waals surface area contributed by atoms with E-state index in [4.69, 9.17) is 5.73 Å². The Hall–Kier alpha value is -1.40. The molecule has 0 radical (unpaired) electrons. The van der Waals surface area contributed by atoms with Crippen LogP contribution in [0.2, 0.25) is 0 Å². The molecule has 1 aromatic heterocycles. The zero-order valence-electron chi connectivity index (χ0n) is 10.4. The number of hydrogen-bond acceptors (Lipinski definition) is 6. The molecule has 0 aromatic carbocycles. The Morgan fingerprint density at radius 3 is 3.00 bits per heavy atom. The van der Waals surface area contributed by atoms with Gasteiger partial charge in [-0.15, -0.1) is 0 Å². The van der Waals surface area contributed by atoms with Gasteiger partial charge in [-0.2, -0.15) is 0 Å². The second-order valence-electron chi connectivity index (χ2n) is 4.61. The molecule has 0 aliphatic carbocycles. The number of hydrogen-bond donors (Lipinski definition) is 2. The van der Waals surface area contributed by atoms with Crippen LogP contribution in [0.15, 0.2) is 12.4 Å². The highest BCUT2D eigenvalue weighted by Gasteiger charge is 2.21. The maximum Gasteiger partial charge on any atom is 0.131 e. The minimum Gasteiger partial charge on any atom is -0.384 e. The van der Waals surface area contributed by atoms with Crippen molar-refractivity contribution in [3.8, 4) is 0 Å². The van der Waals surface area contributed by atoms with Crippen molar-refractivity contribution in [2.75, 3.05) is 51.3 Å². The Bertz CT molecular complexity index is 369. The second kappa shape index (κ2) is 5.29. The molecule has 17 heavy (non-hydrogen) atoms. The molecule has 1 aromatic rings. The lowest BCUT2D eigenvalue weighted by atomic mass is 10.2. The van der Waals surface area contributed by atoms with Gasteiger partial charge in [0.15, 0.2) is 0 Å². The molecule has 0 spiro atoms. The van der Waals surface area contributed by atoms with Crippen LogP contribution in [0.5, 0.6) is 0 Å². The molecule has 0 bridgehead atoms. The molecule has 1 aliphatic heterocycles. The van der Waals surface area contributed by atoms with E-state index in [1.165, 1.54) is 6.33 Å². The minimum atomic E-state index is 0.497. The van der Waals surface area contributed by atoms with Crippen LogP contribution >= 0.6 is 0 Å². The highest BCUT2D eigenvalue weighted by Crippen LogP contribution is 2.09. The molecule has 1 unspecified atom stereocenters. The van der Waals surface area contributed by atoms with E-state index in [2.05, 4.69) is 39.2 Å². The first-order valence-electron chi connectivity index (χ1n) is 5.85. The maximum absolute atomic E-state index is 5.61. The van der Waals surface area contributed by atoms with E-state index in [1.54, 1.807) is 6.07 Å². The minimum absolute atomic E-state index is 0.497. The Morgan fingerprint density at radius 2 is 2.24 bits per heavy atom. The third-order valence-corrected chi connectivity index (χ3v) is 3.19. The molecule has 1 aliphatic rings. The molecule has 2 rings (SSSR count). The molecule has 2 heterocycles. The Kier molecular flexibility index (Phi) is 3.75. The van der Waals surface area contributed by atoms with E-state index in [-0.39, 0.29) is 0 Å². The topological polar surface area (TPSA) is 70.3 Å². The molecule has 6 nitrogen and oxygen atoms in total. The number of likely N-dealkylation sites (N-methyl/N-ethyl adjacent to an activating group) is 2. The van der Waals surface area contributed by atoms with Crippen LogP contribution in [-0.4, -0.2) is 66.1 Å².